The first kappa shape index (κ1) is 52.1. The standard InChI is InChI=1S/C14H24N2O8.C6H8N2.4C2H4O2/c17-11(18)1-5-15(6-2-12(19)20)9-10-16(7-3-13(21)22)8-4-14(23)24;7-5-3-1-2-4-6(5)8;4*1-2(3)4/h1-10H2,(H,17,18)(H,19,20)(H,21,22)(H,23,24);1-4H,7-8H2;4*1H3,(H,3,4). The van der Waals surface area contributed by atoms with Crippen molar-refractivity contribution in [2.75, 3.05) is 50.7 Å². The molecule has 0 aliphatic carbocycles. The SMILES string of the molecule is CC(=O)O.CC(=O)O.CC(=O)O.CC(=O)O.Nc1ccccc1N.O=C(O)CCN(CCC(=O)O)CCN(CCC(=O)O)CCC(=O)O. The van der Waals surface area contributed by atoms with Crippen LogP contribution in [0.4, 0.5) is 11.4 Å². The van der Waals surface area contributed by atoms with Crippen molar-refractivity contribution in [1.82, 2.24) is 9.80 Å². The van der Waals surface area contributed by atoms with E-state index in [4.69, 9.17) is 71.5 Å². The molecule has 0 heterocycles. The van der Waals surface area contributed by atoms with Crippen LogP contribution >= 0.6 is 0 Å². The van der Waals surface area contributed by atoms with Crippen molar-refractivity contribution >= 4 is 59.1 Å². The maximum Gasteiger partial charge on any atom is 0.304 e. The number of rotatable bonds is 15. The highest BCUT2D eigenvalue weighted by atomic mass is 16.4. The molecule has 12 N–H and O–H groups in total. The first-order valence-electron chi connectivity index (χ1n) is 13.6. The molecule has 276 valence electrons. The van der Waals surface area contributed by atoms with Gasteiger partial charge in [0.25, 0.3) is 23.9 Å². The minimum absolute atomic E-state index is 0.135. The number of nitrogens with zero attached hydrogens (tertiary/aromatic N) is 2. The summed E-state index contributed by atoms with van der Waals surface area (Å²) in [5.41, 5.74) is 12.1. The van der Waals surface area contributed by atoms with Crippen LogP contribution in [0.3, 0.4) is 0 Å². The smallest absolute Gasteiger partial charge is 0.304 e. The van der Waals surface area contributed by atoms with Gasteiger partial charge in [-0.1, -0.05) is 12.1 Å². The molecule has 20 heteroatoms. The van der Waals surface area contributed by atoms with Gasteiger partial charge in [-0.25, -0.2) is 0 Å². The second-order valence-electron chi connectivity index (χ2n) is 8.96. The van der Waals surface area contributed by atoms with Gasteiger partial charge in [-0.15, -0.1) is 0 Å². The summed E-state index contributed by atoms with van der Waals surface area (Å²) in [6.45, 7) is 5.70. The van der Waals surface area contributed by atoms with Gasteiger partial charge >= 0.3 is 23.9 Å². The number of para-hydroxylation sites is 2. The van der Waals surface area contributed by atoms with Crippen molar-refractivity contribution in [2.24, 2.45) is 0 Å². The third-order valence-electron chi connectivity index (χ3n) is 4.30. The Labute approximate surface area is 276 Å². The summed E-state index contributed by atoms with van der Waals surface area (Å²) in [5, 5.41) is 64.6. The van der Waals surface area contributed by atoms with Gasteiger partial charge in [-0.3, -0.25) is 38.4 Å². The Hall–Kier alpha value is -5.50. The van der Waals surface area contributed by atoms with Gasteiger partial charge in [0.05, 0.1) is 37.1 Å². The highest BCUT2D eigenvalue weighted by Gasteiger charge is 2.14. The summed E-state index contributed by atoms with van der Waals surface area (Å²) in [4.78, 5) is 81.9. The van der Waals surface area contributed by atoms with Crippen molar-refractivity contribution in [2.45, 2.75) is 53.4 Å². The first-order chi connectivity index (χ1) is 21.9. The predicted octanol–water partition coefficient (Wildman–Crippen LogP) is 0.704. The fraction of sp³-hybridized carbons (Fsp3) is 0.500. The molecule has 1 rings (SSSR count). The monoisotopic (exact) mass is 696 g/mol. The number of benzene rings is 1. The van der Waals surface area contributed by atoms with Crippen LogP contribution in [0.1, 0.15) is 53.4 Å². The van der Waals surface area contributed by atoms with E-state index in [0.29, 0.717) is 24.5 Å². The van der Waals surface area contributed by atoms with Gasteiger partial charge in [0.2, 0.25) is 0 Å². The molecule has 0 saturated carbocycles. The lowest BCUT2D eigenvalue weighted by Crippen LogP contribution is -2.39. The van der Waals surface area contributed by atoms with Crippen molar-refractivity contribution in [1.29, 1.82) is 0 Å². The minimum atomic E-state index is -0.996. The van der Waals surface area contributed by atoms with Crippen molar-refractivity contribution in [3.8, 4) is 0 Å². The molecular weight excluding hydrogens is 648 g/mol. The largest absolute Gasteiger partial charge is 0.481 e. The number of aliphatic carboxylic acids is 8. The molecule has 0 aliphatic rings. The zero-order chi connectivity index (χ0) is 38.8. The van der Waals surface area contributed by atoms with E-state index in [1.807, 2.05) is 12.1 Å². The first-order valence-corrected chi connectivity index (χ1v) is 13.6. The van der Waals surface area contributed by atoms with E-state index in [9.17, 15) is 19.2 Å². The zero-order valence-corrected chi connectivity index (χ0v) is 27.3. The number of carboxylic acids is 8. The summed E-state index contributed by atoms with van der Waals surface area (Å²) in [6.07, 6.45) is -0.540. The van der Waals surface area contributed by atoms with Gasteiger partial charge in [-0.2, -0.15) is 0 Å². The number of anilines is 2. The van der Waals surface area contributed by atoms with Crippen LogP contribution in [-0.4, -0.2) is 138 Å². The average Bonchev–Trinajstić information content (AvgIpc) is 2.89. The van der Waals surface area contributed by atoms with Crippen LogP contribution in [0.5, 0.6) is 0 Å². The molecule has 0 bridgehead atoms. The van der Waals surface area contributed by atoms with Gasteiger partial charge in [0, 0.05) is 67.0 Å². The Bertz CT molecular complexity index is 954. The van der Waals surface area contributed by atoms with Crippen LogP contribution in [0, 0.1) is 0 Å². The normalized spacial score (nSPS) is 9.04. The van der Waals surface area contributed by atoms with E-state index < -0.39 is 47.8 Å². The Morgan fingerprint density at radius 1 is 0.438 bits per heavy atom. The molecule has 0 fully saturated rings. The fourth-order valence-corrected chi connectivity index (χ4v) is 2.48. The molecular formula is C28H48N4O16. The molecule has 1 aromatic carbocycles. The average molecular weight is 697 g/mol. The molecule has 0 amide bonds. The highest BCUT2D eigenvalue weighted by Crippen LogP contribution is 2.10. The van der Waals surface area contributed by atoms with E-state index in [-0.39, 0.29) is 51.9 Å². The molecule has 0 spiro atoms. The summed E-state index contributed by atoms with van der Waals surface area (Å²) in [6, 6.07) is 7.25. The van der Waals surface area contributed by atoms with E-state index in [2.05, 4.69) is 0 Å². The van der Waals surface area contributed by atoms with Gasteiger partial charge in [0.1, 0.15) is 0 Å². The number of carbonyl (C=O) groups is 8. The molecule has 0 aromatic heterocycles. The summed E-state index contributed by atoms with van der Waals surface area (Å²) >= 11 is 0. The van der Waals surface area contributed by atoms with Gasteiger partial charge < -0.3 is 62.1 Å². The lowest BCUT2D eigenvalue weighted by Gasteiger charge is -2.26. The number of hydrogen-bond donors (Lipinski definition) is 10. The molecule has 0 radical (unpaired) electrons. The Kier molecular flexibility index (Phi) is 37.3. The topological polar surface area (TPSA) is 357 Å². The van der Waals surface area contributed by atoms with Crippen LogP contribution < -0.4 is 11.5 Å². The summed E-state index contributed by atoms with van der Waals surface area (Å²) in [7, 11) is 0. The zero-order valence-electron chi connectivity index (χ0n) is 27.3. The molecule has 0 saturated heterocycles. The van der Waals surface area contributed by atoms with Crippen molar-refractivity contribution in [3.05, 3.63) is 24.3 Å². The van der Waals surface area contributed by atoms with Gasteiger partial charge in [-0.05, 0) is 12.1 Å². The van der Waals surface area contributed by atoms with Crippen LogP contribution in [0.15, 0.2) is 24.3 Å². The predicted molar refractivity (Wildman–Crippen MR) is 170 cm³/mol. The van der Waals surface area contributed by atoms with Crippen LogP contribution in [-0.2, 0) is 38.4 Å². The van der Waals surface area contributed by atoms with Crippen LogP contribution in [0.2, 0.25) is 0 Å². The number of nitrogen functional groups attached to an aromatic ring is 2. The Balaban J connectivity index is -0.000000205. The van der Waals surface area contributed by atoms with E-state index in [1.165, 1.54) is 0 Å². The van der Waals surface area contributed by atoms with E-state index in [0.717, 1.165) is 27.7 Å². The molecule has 0 atom stereocenters. The Morgan fingerprint density at radius 3 is 0.729 bits per heavy atom. The van der Waals surface area contributed by atoms with Gasteiger partial charge in [0.15, 0.2) is 0 Å². The Morgan fingerprint density at radius 2 is 0.604 bits per heavy atom. The minimum Gasteiger partial charge on any atom is -0.481 e. The molecule has 48 heavy (non-hydrogen) atoms. The van der Waals surface area contributed by atoms with Crippen LogP contribution in [0.25, 0.3) is 0 Å². The van der Waals surface area contributed by atoms with E-state index >= 15 is 0 Å². The lowest BCUT2D eigenvalue weighted by atomic mass is 10.3. The maximum absolute atomic E-state index is 10.7. The van der Waals surface area contributed by atoms with Crippen molar-refractivity contribution in [3.63, 3.8) is 0 Å². The molecule has 0 unspecified atom stereocenters. The lowest BCUT2D eigenvalue weighted by molar-refractivity contribution is -0.139. The fourth-order valence-electron chi connectivity index (χ4n) is 2.48. The highest BCUT2D eigenvalue weighted by molar-refractivity contribution is 5.68. The maximum atomic E-state index is 10.7. The number of carboxylic acid groups (broad SMARTS) is 8. The number of nitrogens with two attached hydrogens (primary N) is 2. The third kappa shape index (κ3) is 67.9. The van der Waals surface area contributed by atoms with Crippen molar-refractivity contribution < 1.29 is 79.2 Å². The molecule has 0 aliphatic heterocycles. The number of hydrogen-bond acceptors (Lipinski definition) is 12. The molecule has 1 aromatic rings. The van der Waals surface area contributed by atoms with E-state index in [1.54, 1.807) is 21.9 Å². The second-order valence-corrected chi connectivity index (χ2v) is 8.96. The second kappa shape index (κ2) is 34.4. The third-order valence-corrected chi connectivity index (χ3v) is 4.30. The quantitative estimate of drug-likeness (QED) is 0.113. The summed E-state index contributed by atoms with van der Waals surface area (Å²) < 4.78 is 0. The summed E-state index contributed by atoms with van der Waals surface area (Å²) in [5.74, 6) is -7.32. The molecule has 20 nitrogen and oxygen atoms in total.